The van der Waals surface area contributed by atoms with Crippen molar-refractivity contribution in [2.24, 2.45) is 0 Å². The van der Waals surface area contributed by atoms with Gasteiger partial charge in [-0.3, -0.25) is 4.79 Å². The fourth-order valence-corrected chi connectivity index (χ4v) is 4.48. The first-order valence-corrected chi connectivity index (χ1v) is 11.6. The van der Waals surface area contributed by atoms with E-state index in [2.05, 4.69) is 15.5 Å². The van der Waals surface area contributed by atoms with Gasteiger partial charge in [-0.2, -0.15) is 4.98 Å². The topological polar surface area (TPSA) is 86.5 Å². The van der Waals surface area contributed by atoms with E-state index in [0.29, 0.717) is 41.1 Å². The number of nitrogens with one attached hydrogen (secondary N) is 1. The Balaban J connectivity index is 1.40. The number of anilines is 1. The molecule has 0 saturated carbocycles. The first-order chi connectivity index (χ1) is 16.0. The average Bonchev–Trinajstić information content (AvgIpc) is 3.50. The highest BCUT2D eigenvalue weighted by molar-refractivity contribution is 7.17. The highest BCUT2D eigenvalue weighted by atomic mass is 32.1. The summed E-state index contributed by atoms with van der Waals surface area (Å²) in [6.07, 6.45) is 0. The summed E-state index contributed by atoms with van der Waals surface area (Å²) in [5.74, 6) is 2.45. The summed E-state index contributed by atoms with van der Waals surface area (Å²) >= 11 is 1.42. The number of nitrogens with zero attached hydrogens (tertiary/aromatic N) is 2. The van der Waals surface area contributed by atoms with E-state index in [-0.39, 0.29) is 11.8 Å². The van der Waals surface area contributed by atoms with E-state index in [1.165, 1.54) is 11.3 Å². The number of carbonyl (C=O) groups excluding carboxylic acids is 1. The van der Waals surface area contributed by atoms with E-state index >= 15 is 0 Å². The molecule has 2 aromatic carbocycles. The molecule has 1 amide bonds. The Morgan fingerprint density at radius 2 is 1.88 bits per heavy atom. The third-order valence-electron chi connectivity index (χ3n) is 5.36. The zero-order valence-corrected chi connectivity index (χ0v) is 19.4. The van der Waals surface area contributed by atoms with Crippen molar-refractivity contribution in [1.82, 2.24) is 10.1 Å². The van der Waals surface area contributed by atoms with Crippen molar-refractivity contribution in [3.05, 3.63) is 64.8 Å². The van der Waals surface area contributed by atoms with Crippen LogP contribution in [-0.4, -0.2) is 29.3 Å². The molecule has 1 N–H and O–H groups in total. The van der Waals surface area contributed by atoms with Crippen LogP contribution >= 0.6 is 11.3 Å². The monoisotopic (exact) mass is 461 g/mol. The number of thiophene rings is 1. The summed E-state index contributed by atoms with van der Waals surface area (Å²) in [5, 5.41) is 7.10. The van der Waals surface area contributed by atoms with E-state index in [1.54, 1.807) is 0 Å². The van der Waals surface area contributed by atoms with E-state index in [1.807, 2.05) is 69.3 Å². The van der Waals surface area contributed by atoms with Crippen LogP contribution in [0.1, 0.15) is 40.8 Å². The normalized spacial score (nSPS) is 12.7. The molecule has 1 aliphatic rings. The predicted molar refractivity (Wildman–Crippen MR) is 127 cm³/mol. The number of para-hydroxylation sites is 1. The summed E-state index contributed by atoms with van der Waals surface area (Å²) in [6.45, 7) is 7.03. The van der Waals surface area contributed by atoms with Crippen molar-refractivity contribution < 1.29 is 18.8 Å². The number of benzene rings is 2. The Morgan fingerprint density at radius 1 is 1.06 bits per heavy atom. The van der Waals surface area contributed by atoms with Gasteiger partial charge in [0.2, 0.25) is 0 Å². The lowest BCUT2D eigenvalue weighted by Crippen LogP contribution is -2.15. The number of carbonyl (C=O) groups is 1. The molecule has 0 radical (unpaired) electrons. The Kier molecular flexibility index (Phi) is 5.60. The fraction of sp³-hybridized carbons (Fsp3) is 0.240. The van der Waals surface area contributed by atoms with Gasteiger partial charge in [0.1, 0.15) is 13.2 Å². The zero-order valence-electron chi connectivity index (χ0n) is 18.5. The minimum Gasteiger partial charge on any atom is -0.486 e. The molecule has 0 fully saturated rings. The van der Waals surface area contributed by atoms with Crippen molar-refractivity contribution in [1.29, 1.82) is 0 Å². The zero-order chi connectivity index (χ0) is 22.9. The smallest absolute Gasteiger partial charge is 0.265 e. The summed E-state index contributed by atoms with van der Waals surface area (Å²) in [6, 6.07) is 15.3. The lowest BCUT2D eigenvalue weighted by Gasteiger charge is -2.18. The molecule has 0 saturated heterocycles. The fourth-order valence-electron chi connectivity index (χ4n) is 3.58. The second-order valence-corrected chi connectivity index (χ2v) is 9.17. The number of hydrogen-bond acceptors (Lipinski definition) is 7. The molecule has 0 unspecified atom stereocenters. The second kappa shape index (κ2) is 8.71. The van der Waals surface area contributed by atoms with E-state index in [4.69, 9.17) is 14.0 Å². The van der Waals surface area contributed by atoms with Crippen LogP contribution in [0.4, 0.5) is 5.69 Å². The molecule has 8 heteroatoms. The lowest BCUT2D eigenvalue weighted by atomic mass is 10.1. The lowest BCUT2D eigenvalue weighted by molar-refractivity contribution is 0.103. The molecule has 0 atom stereocenters. The van der Waals surface area contributed by atoms with Crippen LogP contribution in [0.5, 0.6) is 11.5 Å². The van der Waals surface area contributed by atoms with Gasteiger partial charge in [-0.15, -0.1) is 11.3 Å². The maximum atomic E-state index is 13.1. The van der Waals surface area contributed by atoms with Gasteiger partial charge in [-0.1, -0.05) is 31.1 Å². The Bertz CT molecular complexity index is 1320. The maximum Gasteiger partial charge on any atom is 0.265 e. The van der Waals surface area contributed by atoms with Gasteiger partial charge in [0, 0.05) is 10.8 Å². The Labute approximate surface area is 195 Å². The maximum absolute atomic E-state index is 13.1. The molecule has 0 aliphatic carbocycles. The molecular formula is C25H23N3O4S. The summed E-state index contributed by atoms with van der Waals surface area (Å²) in [5.41, 5.74) is 3.25. The summed E-state index contributed by atoms with van der Waals surface area (Å²) in [7, 11) is 0. The van der Waals surface area contributed by atoms with Gasteiger partial charge in [0.25, 0.3) is 11.8 Å². The van der Waals surface area contributed by atoms with Crippen LogP contribution in [0.2, 0.25) is 0 Å². The molecule has 33 heavy (non-hydrogen) atoms. The minimum absolute atomic E-state index is 0.149. The molecule has 0 bridgehead atoms. The number of rotatable bonds is 5. The molecule has 2 aromatic heterocycles. The van der Waals surface area contributed by atoms with Crippen LogP contribution in [0.3, 0.4) is 0 Å². The van der Waals surface area contributed by atoms with Crippen molar-refractivity contribution in [2.45, 2.75) is 26.7 Å². The van der Waals surface area contributed by atoms with Crippen molar-refractivity contribution in [2.75, 3.05) is 18.5 Å². The number of amides is 1. The van der Waals surface area contributed by atoms with Gasteiger partial charge < -0.3 is 19.3 Å². The number of aromatic nitrogens is 2. The number of fused-ring (bicyclic) bond motifs is 1. The van der Waals surface area contributed by atoms with Crippen LogP contribution in [0.25, 0.3) is 21.9 Å². The third kappa shape index (κ3) is 4.21. The summed E-state index contributed by atoms with van der Waals surface area (Å²) < 4.78 is 16.7. The predicted octanol–water partition coefficient (Wildman–Crippen LogP) is 5.92. The number of hydrogen-bond donors (Lipinski definition) is 1. The van der Waals surface area contributed by atoms with Gasteiger partial charge in [0.15, 0.2) is 17.3 Å². The largest absolute Gasteiger partial charge is 0.486 e. The van der Waals surface area contributed by atoms with Gasteiger partial charge >= 0.3 is 0 Å². The first kappa shape index (κ1) is 21.2. The molecule has 7 nitrogen and oxygen atoms in total. The highest BCUT2D eigenvalue weighted by Gasteiger charge is 2.20. The van der Waals surface area contributed by atoms with Crippen LogP contribution in [0.15, 0.2) is 53.1 Å². The second-order valence-electron chi connectivity index (χ2n) is 8.09. The van der Waals surface area contributed by atoms with E-state index in [0.717, 1.165) is 27.5 Å². The van der Waals surface area contributed by atoms with Gasteiger partial charge in [-0.05, 0) is 54.4 Å². The molecule has 3 heterocycles. The molecule has 5 rings (SSSR count). The van der Waals surface area contributed by atoms with Crippen molar-refractivity contribution in [3.63, 3.8) is 0 Å². The SMILES string of the molecule is Cc1cccc(-c2nc(C(C)C)no2)c1NC(=O)c1ccc(-c2ccc3c(c2)OCCO3)s1. The average molecular weight is 462 g/mol. The van der Waals surface area contributed by atoms with Crippen molar-refractivity contribution in [3.8, 4) is 33.4 Å². The first-order valence-electron chi connectivity index (χ1n) is 10.7. The standard InChI is InChI=1S/C25H23N3O4S/c1-14(2)23-27-25(32-28-23)17-6-4-5-15(3)22(17)26-24(29)21-10-9-20(33-21)16-7-8-18-19(13-16)31-12-11-30-18/h4-10,13-14H,11-12H2,1-3H3,(H,26,29). The quantitative estimate of drug-likeness (QED) is 0.397. The van der Waals surface area contributed by atoms with E-state index in [9.17, 15) is 4.79 Å². The van der Waals surface area contributed by atoms with Crippen LogP contribution < -0.4 is 14.8 Å². The molecule has 0 spiro atoms. The van der Waals surface area contributed by atoms with Gasteiger partial charge in [-0.25, -0.2) is 0 Å². The third-order valence-corrected chi connectivity index (χ3v) is 6.49. The Hall–Kier alpha value is -3.65. The van der Waals surface area contributed by atoms with Crippen LogP contribution in [-0.2, 0) is 0 Å². The highest BCUT2D eigenvalue weighted by Crippen LogP contribution is 2.37. The van der Waals surface area contributed by atoms with Crippen molar-refractivity contribution >= 4 is 22.9 Å². The minimum atomic E-state index is -0.192. The van der Waals surface area contributed by atoms with Crippen LogP contribution in [0, 0.1) is 6.92 Å². The summed E-state index contributed by atoms with van der Waals surface area (Å²) in [4.78, 5) is 19.2. The van der Waals surface area contributed by atoms with E-state index < -0.39 is 0 Å². The van der Waals surface area contributed by atoms with Gasteiger partial charge in [0.05, 0.1) is 16.1 Å². The molecule has 1 aliphatic heterocycles. The molecule has 4 aromatic rings. The number of ether oxygens (including phenoxy) is 2. The molecular weight excluding hydrogens is 438 g/mol. The Morgan fingerprint density at radius 3 is 2.67 bits per heavy atom. The molecule has 168 valence electrons. The number of aryl methyl sites for hydroxylation is 1.